The van der Waals surface area contributed by atoms with E-state index in [9.17, 15) is 18.8 Å². The van der Waals surface area contributed by atoms with Crippen molar-refractivity contribution in [3.63, 3.8) is 0 Å². The van der Waals surface area contributed by atoms with Crippen LogP contribution < -0.4 is 10.2 Å². The van der Waals surface area contributed by atoms with Crippen LogP contribution in [-0.4, -0.2) is 66.4 Å². The molecule has 1 N–H and O–H groups in total. The van der Waals surface area contributed by atoms with E-state index < -0.39 is 0 Å². The van der Waals surface area contributed by atoms with E-state index in [1.54, 1.807) is 26.8 Å². The van der Waals surface area contributed by atoms with E-state index in [0.717, 1.165) is 0 Å². The fourth-order valence-corrected chi connectivity index (χ4v) is 3.17. The van der Waals surface area contributed by atoms with Gasteiger partial charge in [-0.3, -0.25) is 9.59 Å². The molecular weight excluding hydrogens is 327 g/mol. The Balaban J connectivity index is 1.54. The van der Waals surface area contributed by atoms with Crippen molar-refractivity contribution in [3.05, 3.63) is 30.1 Å². The van der Waals surface area contributed by atoms with Gasteiger partial charge in [0.15, 0.2) is 0 Å². The van der Waals surface area contributed by atoms with Gasteiger partial charge in [0.25, 0.3) is 0 Å². The van der Waals surface area contributed by atoms with Crippen LogP contribution in [0, 0.1) is 5.82 Å². The molecular formula is C17H21FN4O3. The summed E-state index contributed by atoms with van der Waals surface area (Å²) in [6.07, 6.45) is 0.219. The molecule has 1 atom stereocenters. The number of amides is 4. The first-order valence-corrected chi connectivity index (χ1v) is 8.31. The van der Waals surface area contributed by atoms with E-state index in [2.05, 4.69) is 5.32 Å². The van der Waals surface area contributed by atoms with Crippen molar-refractivity contribution in [2.75, 3.05) is 37.6 Å². The average molecular weight is 348 g/mol. The van der Waals surface area contributed by atoms with Gasteiger partial charge in [-0.15, -0.1) is 0 Å². The molecule has 3 rings (SSSR count). The Bertz CT molecular complexity index is 671. The lowest BCUT2D eigenvalue weighted by atomic mass is 10.2. The van der Waals surface area contributed by atoms with E-state index in [1.807, 2.05) is 0 Å². The number of rotatable bonds is 2. The molecule has 2 fully saturated rings. The SMILES string of the molecule is CC(=O)N1CCN(C(=O)N[C@@H]2CC(=O)N(c3ccc(F)cc3)C2)CC1. The van der Waals surface area contributed by atoms with Gasteiger partial charge in [-0.2, -0.15) is 0 Å². The third-order valence-corrected chi connectivity index (χ3v) is 4.60. The van der Waals surface area contributed by atoms with E-state index >= 15 is 0 Å². The number of piperazine rings is 1. The summed E-state index contributed by atoms with van der Waals surface area (Å²) in [7, 11) is 0. The highest BCUT2D eigenvalue weighted by Gasteiger charge is 2.33. The van der Waals surface area contributed by atoms with Gasteiger partial charge in [-0.25, -0.2) is 9.18 Å². The molecule has 2 aliphatic rings. The molecule has 2 aliphatic heterocycles. The molecule has 2 heterocycles. The van der Waals surface area contributed by atoms with E-state index in [1.165, 1.54) is 19.1 Å². The quantitative estimate of drug-likeness (QED) is 0.859. The summed E-state index contributed by atoms with van der Waals surface area (Å²) < 4.78 is 13.0. The maximum Gasteiger partial charge on any atom is 0.317 e. The molecule has 0 bridgehead atoms. The molecule has 7 nitrogen and oxygen atoms in total. The number of carbonyl (C=O) groups excluding carboxylic acids is 3. The summed E-state index contributed by atoms with van der Waals surface area (Å²) in [5.41, 5.74) is 0.623. The number of halogens is 1. The first-order valence-electron chi connectivity index (χ1n) is 8.31. The molecule has 25 heavy (non-hydrogen) atoms. The number of nitrogens with zero attached hydrogens (tertiary/aromatic N) is 3. The Kier molecular flexibility index (Phi) is 4.87. The predicted octanol–water partition coefficient (Wildman–Crippen LogP) is 0.805. The van der Waals surface area contributed by atoms with Crippen molar-refractivity contribution in [2.24, 2.45) is 0 Å². The Morgan fingerprint density at radius 2 is 1.68 bits per heavy atom. The number of nitrogens with one attached hydrogen (secondary N) is 1. The number of anilines is 1. The Hall–Kier alpha value is -2.64. The Morgan fingerprint density at radius 1 is 1.08 bits per heavy atom. The maximum atomic E-state index is 13.0. The summed E-state index contributed by atoms with van der Waals surface area (Å²) in [5.74, 6) is -0.445. The second-order valence-corrected chi connectivity index (χ2v) is 6.32. The molecule has 0 aromatic heterocycles. The van der Waals surface area contributed by atoms with Crippen molar-refractivity contribution < 1.29 is 18.8 Å². The minimum absolute atomic E-state index is 0.0105. The fraction of sp³-hybridized carbons (Fsp3) is 0.471. The van der Waals surface area contributed by atoms with Gasteiger partial charge in [-0.1, -0.05) is 0 Å². The minimum Gasteiger partial charge on any atom is -0.339 e. The maximum absolute atomic E-state index is 13.0. The second-order valence-electron chi connectivity index (χ2n) is 6.32. The third kappa shape index (κ3) is 3.89. The highest BCUT2D eigenvalue weighted by Crippen LogP contribution is 2.22. The molecule has 1 aromatic carbocycles. The Labute approximate surface area is 145 Å². The fourth-order valence-electron chi connectivity index (χ4n) is 3.17. The van der Waals surface area contributed by atoms with Crippen molar-refractivity contribution in [3.8, 4) is 0 Å². The third-order valence-electron chi connectivity index (χ3n) is 4.60. The lowest BCUT2D eigenvalue weighted by molar-refractivity contribution is -0.130. The van der Waals surface area contributed by atoms with Gasteiger partial charge in [-0.05, 0) is 24.3 Å². The topological polar surface area (TPSA) is 73.0 Å². The van der Waals surface area contributed by atoms with E-state index in [4.69, 9.17) is 0 Å². The smallest absolute Gasteiger partial charge is 0.317 e. The zero-order chi connectivity index (χ0) is 18.0. The molecule has 4 amide bonds. The van der Waals surface area contributed by atoms with Crippen molar-refractivity contribution >= 4 is 23.5 Å². The van der Waals surface area contributed by atoms with Gasteiger partial charge < -0.3 is 20.0 Å². The van der Waals surface area contributed by atoms with Crippen LogP contribution in [0.4, 0.5) is 14.9 Å². The second kappa shape index (κ2) is 7.08. The molecule has 1 aromatic rings. The van der Waals surface area contributed by atoms with Crippen LogP contribution in [0.1, 0.15) is 13.3 Å². The standard InChI is InChI=1S/C17H21FN4O3/c1-12(23)20-6-8-21(9-7-20)17(25)19-14-10-16(24)22(11-14)15-4-2-13(18)3-5-15/h2-5,14H,6-11H2,1H3,(H,19,25)/t14-/m1/s1. The Morgan fingerprint density at radius 3 is 2.28 bits per heavy atom. The van der Waals surface area contributed by atoms with Gasteiger partial charge in [0.2, 0.25) is 11.8 Å². The molecule has 134 valence electrons. The van der Waals surface area contributed by atoms with Crippen molar-refractivity contribution in [1.29, 1.82) is 0 Å². The molecule has 0 saturated carbocycles. The van der Waals surface area contributed by atoms with Crippen LogP contribution in [0.25, 0.3) is 0 Å². The van der Waals surface area contributed by atoms with Crippen LogP contribution in [0.3, 0.4) is 0 Å². The summed E-state index contributed by atoms with van der Waals surface area (Å²) in [6, 6.07) is 5.22. The van der Waals surface area contributed by atoms with Crippen LogP contribution >= 0.6 is 0 Å². The van der Waals surface area contributed by atoms with E-state index in [0.29, 0.717) is 38.4 Å². The first-order chi connectivity index (χ1) is 11.9. The molecule has 0 aliphatic carbocycles. The molecule has 0 unspecified atom stereocenters. The lowest BCUT2D eigenvalue weighted by Crippen LogP contribution is -2.54. The zero-order valence-electron chi connectivity index (χ0n) is 14.1. The van der Waals surface area contributed by atoms with E-state index in [-0.39, 0.29) is 36.1 Å². The number of hydrogen-bond acceptors (Lipinski definition) is 3. The molecule has 0 spiro atoms. The number of urea groups is 1. The summed E-state index contributed by atoms with van der Waals surface area (Å²) in [6.45, 7) is 3.89. The lowest BCUT2D eigenvalue weighted by Gasteiger charge is -2.34. The summed E-state index contributed by atoms with van der Waals surface area (Å²) in [5, 5.41) is 2.88. The highest BCUT2D eigenvalue weighted by molar-refractivity contribution is 5.96. The predicted molar refractivity (Wildman–Crippen MR) is 89.5 cm³/mol. The van der Waals surface area contributed by atoms with Gasteiger partial charge in [0, 0.05) is 51.8 Å². The van der Waals surface area contributed by atoms with Gasteiger partial charge >= 0.3 is 6.03 Å². The summed E-state index contributed by atoms with van der Waals surface area (Å²) >= 11 is 0. The zero-order valence-corrected chi connectivity index (χ0v) is 14.1. The highest BCUT2D eigenvalue weighted by atomic mass is 19.1. The normalized spacial score (nSPS) is 20.8. The van der Waals surface area contributed by atoms with Crippen molar-refractivity contribution in [1.82, 2.24) is 15.1 Å². The molecule has 0 radical (unpaired) electrons. The van der Waals surface area contributed by atoms with Gasteiger partial charge in [0.1, 0.15) is 5.82 Å². The van der Waals surface area contributed by atoms with Crippen LogP contribution in [0.15, 0.2) is 24.3 Å². The van der Waals surface area contributed by atoms with Crippen molar-refractivity contribution in [2.45, 2.75) is 19.4 Å². The number of benzene rings is 1. The largest absolute Gasteiger partial charge is 0.339 e. The van der Waals surface area contributed by atoms with Crippen LogP contribution in [0.2, 0.25) is 0 Å². The van der Waals surface area contributed by atoms with Crippen LogP contribution in [-0.2, 0) is 9.59 Å². The average Bonchev–Trinajstić information content (AvgIpc) is 2.96. The summed E-state index contributed by atoms with van der Waals surface area (Å²) in [4.78, 5) is 40.8. The first kappa shape index (κ1) is 17.2. The molecule has 2 saturated heterocycles. The van der Waals surface area contributed by atoms with Gasteiger partial charge in [0.05, 0.1) is 6.04 Å². The molecule has 8 heteroatoms. The number of carbonyl (C=O) groups is 3. The number of hydrogen-bond donors (Lipinski definition) is 1. The minimum atomic E-state index is -0.357. The monoisotopic (exact) mass is 348 g/mol. The van der Waals surface area contributed by atoms with Crippen LogP contribution in [0.5, 0.6) is 0 Å².